The quantitative estimate of drug-likeness (QED) is 0.722. The molecule has 5 nitrogen and oxygen atoms in total. The molecule has 1 aromatic carbocycles. The SMILES string of the molecule is CC(NC(=O)c1ncoc1-c1cccs1)C(O)Cc1ccccc1. The molecule has 2 N–H and O–H groups in total. The summed E-state index contributed by atoms with van der Waals surface area (Å²) in [5.74, 6) is 0.0963. The molecular formula is C18H18N2O3S. The monoisotopic (exact) mass is 342 g/mol. The minimum Gasteiger partial charge on any atom is -0.442 e. The summed E-state index contributed by atoms with van der Waals surface area (Å²) in [5.41, 5.74) is 1.25. The van der Waals surface area contributed by atoms with Gasteiger partial charge < -0.3 is 14.8 Å². The van der Waals surface area contributed by atoms with E-state index >= 15 is 0 Å². The summed E-state index contributed by atoms with van der Waals surface area (Å²) in [5, 5.41) is 15.0. The fourth-order valence-corrected chi connectivity index (χ4v) is 3.11. The molecule has 0 radical (unpaired) electrons. The summed E-state index contributed by atoms with van der Waals surface area (Å²) < 4.78 is 5.34. The van der Waals surface area contributed by atoms with Gasteiger partial charge in [0, 0.05) is 6.42 Å². The van der Waals surface area contributed by atoms with Crippen LogP contribution >= 0.6 is 11.3 Å². The van der Waals surface area contributed by atoms with E-state index in [2.05, 4.69) is 10.3 Å². The van der Waals surface area contributed by atoms with Gasteiger partial charge in [-0.1, -0.05) is 36.4 Å². The number of amides is 1. The van der Waals surface area contributed by atoms with Gasteiger partial charge in [0.15, 0.2) is 17.8 Å². The standard InChI is InChI=1S/C18H18N2O3S/c1-12(14(21)10-13-6-3-2-4-7-13)20-18(22)16-17(23-11-19-16)15-8-5-9-24-15/h2-9,11-12,14,21H,10H2,1H3,(H,20,22). The molecular weight excluding hydrogens is 324 g/mol. The van der Waals surface area contributed by atoms with Crippen LogP contribution in [0.5, 0.6) is 0 Å². The first-order valence-electron chi connectivity index (χ1n) is 7.65. The van der Waals surface area contributed by atoms with Gasteiger partial charge in [-0.2, -0.15) is 0 Å². The molecule has 3 aromatic rings. The highest BCUT2D eigenvalue weighted by molar-refractivity contribution is 7.13. The second kappa shape index (κ2) is 7.42. The van der Waals surface area contributed by atoms with Crippen LogP contribution in [0.4, 0.5) is 0 Å². The summed E-state index contributed by atoms with van der Waals surface area (Å²) >= 11 is 1.48. The van der Waals surface area contributed by atoms with Crippen molar-refractivity contribution in [1.29, 1.82) is 0 Å². The smallest absolute Gasteiger partial charge is 0.274 e. The minimum atomic E-state index is -0.687. The normalized spacial score (nSPS) is 13.4. The Hall–Kier alpha value is -2.44. The predicted molar refractivity (Wildman–Crippen MR) is 92.9 cm³/mol. The summed E-state index contributed by atoms with van der Waals surface area (Å²) in [4.78, 5) is 17.3. The van der Waals surface area contributed by atoms with Crippen LogP contribution in [0.1, 0.15) is 23.0 Å². The maximum Gasteiger partial charge on any atom is 0.274 e. The first-order valence-corrected chi connectivity index (χ1v) is 8.53. The highest BCUT2D eigenvalue weighted by Crippen LogP contribution is 2.27. The molecule has 2 heterocycles. The van der Waals surface area contributed by atoms with Gasteiger partial charge in [-0.15, -0.1) is 11.3 Å². The molecule has 24 heavy (non-hydrogen) atoms. The highest BCUT2D eigenvalue weighted by Gasteiger charge is 2.23. The highest BCUT2D eigenvalue weighted by atomic mass is 32.1. The minimum absolute atomic E-state index is 0.233. The number of aliphatic hydroxyl groups excluding tert-OH is 1. The van der Waals surface area contributed by atoms with E-state index < -0.39 is 12.1 Å². The van der Waals surface area contributed by atoms with Crippen molar-refractivity contribution in [2.75, 3.05) is 0 Å². The number of hydrogen-bond acceptors (Lipinski definition) is 5. The number of nitrogens with zero attached hydrogens (tertiary/aromatic N) is 1. The molecule has 6 heteroatoms. The number of nitrogens with one attached hydrogen (secondary N) is 1. The first kappa shape index (κ1) is 16.4. The van der Waals surface area contributed by atoms with Crippen LogP contribution in [0.3, 0.4) is 0 Å². The zero-order valence-electron chi connectivity index (χ0n) is 13.2. The number of aliphatic hydroxyl groups is 1. The van der Waals surface area contributed by atoms with E-state index in [0.29, 0.717) is 12.2 Å². The second-order valence-electron chi connectivity index (χ2n) is 5.53. The van der Waals surface area contributed by atoms with Gasteiger partial charge in [-0.25, -0.2) is 4.98 Å². The van der Waals surface area contributed by atoms with Crippen LogP contribution in [-0.4, -0.2) is 28.1 Å². The summed E-state index contributed by atoms with van der Waals surface area (Å²) in [6, 6.07) is 13.0. The Balaban J connectivity index is 1.65. The Morgan fingerprint density at radius 1 is 1.29 bits per heavy atom. The molecule has 0 fully saturated rings. The average Bonchev–Trinajstić information content (AvgIpc) is 3.26. The fourth-order valence-electron chi connectivity index (χ4n) is 2.39. The van der Waals surface area contributed by atoms with E-state index in [-0.39, 0.29) is 11.6 Å². The third kappa shape index (κ3) is 3.72. The molecule has 0 aliphatic heterocycles. The Bertz CT molecular complexity index is 784. The summed E-state index contributed by atoms with van der Waals surface area (Å²) in [7, 11) is 0. The molecule has 124 valence electrons. The van der Waals surface area contributed by atoms with Crippen molar-refractivity contribution < 1.29 is 14.3 Å². The van der Waals surface area contributed by atoms with Crippen molar-refractivity contribution >= 4 is 17.2 Å². The average molecular weight is 342 g/mol. The largest absolute Gasteiger partial charge is 0.442 e. The van der Waals surface area contributed by atoms with Crippen LogP contribution in [0.2, 0.25) is 0 Å². The van der Waals surface area contributed by atoms with Crippen molar-refractivity contribution in [1.82, 2.24) is 10.3 Å². The van der Waals surface area contributed by atoms with E-state index in [0.717, 1.165) is 10.4 Å². The molecule has 3 rings (SSSR count). The Labute approximate surface area is 144 Å². The third-order valence-electron chi connectivity index (χ3n) is 3.75. The van der Waals surface area contributed by atoms with Crippen molar-refractivity contribution in [2.24, 2.45) is 0 Å². The van der Waals surface area contributed by atoms with Gasteiger partial charge >= 0.3 is 0 Å². The predicted octanol–water partition coefficient (Wildman–Crippen LogP) is 3.13. The van der Waals surface area contributed by atoms with Crippen molar-refractivity contribution in [3.05, 3.63) is 65.5 Å². The number of rotatable bonds is 6. The maximum absolute atomic E-state index is 12.4. The molecule has 0 saturated carbocycles. The lowest BCUT2D eigenvalue weighted by Gasteiger charge is -2.20. The van der Waals surface area contributed by atoms with Crippen LogP contribution in [0.15, 0.2) is 58.7 Å². The third-order valence-corrected chi connectivity index (χ3v) is 4.62. The number of benzene rings is 1. The first-order chi connectivity index (χ1) is 11.6. The van der Waals surface area contributed by atoms with Gasteiger partial charge in [0.05, 0.1) is 17.0 Å². The zero-order chi connectivity index (χ0) is 16.9. The van der Waals surface area contributed by atoms with Crippen LogP contribution in [-0.2, 0) is 6.42 Å². The maximum atomic E-state index is 12.4. The van der Waals surface area contributed by atoms with Gasteiger partial charge in [-0.3, -0.25) is 4.79 Å². The number of hydrogen-bond donors (Lipinski definition) is 2. The topological polar surface area (TPSA) is 75.4 Å². The summed E-state index contributed by atoms with van der Waals surface area (Å²) in [6.45, 7) is 1.77. The van der Waals surface area contributed by atoms with Crippen LogP contribution in [0.25, 0.3) is 10.6 Å². The molecule has 0 spiro atoms. The van der Waals surface area contributed by atoms with E-state index in [1.807, 2.05) is 47.8 Å². The number of thiophene rings is 1. The number of oxazole rings is 1. The molecule has 0 saturated heterocycles. The van der Waals surface area contributed by atoms with E-state index in [1.165, 1.54) is 17.7 Å². The molecule has 0 aliphatic carbocycles. The Kier molecular flexibility index (Phi) is 5.08. The molecule has 2 aromatic heterocycles. The summed E-state index contributed by atoms with van der Waals surface area (Å²) in [6.07, 6.45) is 1.04. The van der Waals surface area contributed by atoms with Crippen LogP contribution in [0, 0.1) is 0 Å². The number of carbonyl (C=O) groups excluding carboxylic acids is 1. The van der Waals surface area contributed by atoms with Crippen LogP contribution < -0.4 is 5.32 Å². The van der Waals surface area contributed by atoms with Gasteiger partial charge in [0.1, 0.15) is 0 Å². The van der Waals surface area contributed by atoms with Crippen molar-refractivity contribution in [3.8, 4) is 10.6 Å². The lowest BCUT2D eigenvalue weighted by atomic mass is 10.0. The number of aromatic nitrogens is 1. The molecule has 0 bridgehead atoms. The second-order valence-corrected chi connectivity index (χ2v) is 6.47. The lowest BCUT2D eigenvalue weighted by Crippen LogP contribution is -2.42. The van der Waals surface area contributed by atoms with Crippen molar-refractivity contribution in [2.45, 2.75) is 25.5 Å². The molecule has 2 atom stereocenters. The molecule has 2 unspecified atom stereocenters. The van der Waals surface area contributed by atoms with Crippen molar-refractivity contribution in [3.63, 3.8) is 0 Å². The lowest BCUT2D eigenvalue weighted by molar-refractivity contribution is 0.0848. The zero-order valence-corrected chi connectivity index (χ0v) is 14.0. The van der Waals surface area contributed by atoms with E-state index in [4.69, 9.17) is 4.42 Å². The fraction of sp³-hybridized carbons (Fsp3) is 0.222. The van der Waals surface area contributed by atoms with Gasteiger partial charge in [-0.05, 0) is 23.9 Å². The Morgan fingerprint density at radius 3 is 2.79 bits per heavy atom. The Morgan fingerprint density at radius 2 is 2.08 bits per heavy atom. The van der Waals surface area contributed by atoms with Gasteiger partial charge in [0.25, 0.3) is 5.91 Å². The molecule has 1 amide bonds. The van der Waals surface area contributed by atoms with E-state index in [9.17, 15) is 9.90 Å². The van der Waals surface area contributed by atoms with E-state index in [1.54, 1.807) is 6.92 Å². The molecule has 0 aliphatic rings. The van der Waals surface area contributed by atoms with Gasteiger partial charge in [0.2, 0.25) is 0 Å². The number of carbonyl (C=O) groups is 1.